The predicted octanol–water partition coefficient (Wildman–Crippen LogP) is 12.6. The van der Waals surface area contributed by atoms with E-state index in [1.54, 1.807) is 6.07 Å². The third kappa shape index (κ3) is 15.4. The highest BCUT2D eigenvalue weighted by Crippen LogP contribution is 2.31. The maximum Gasteiger partial charge on any atom is 0.294 e. The van der Waals surface area contributed by atoms with Crippen molar-refractivity contribution in [2.45, 2.75) is 186 Å². The zero-order chi connectivity index (χ0) is 30.3. The molecule has 0 atom stereocenters. The van der Waals surface area contributed by atoms with Crippen LogP contribution in [0.5, 0.6) is 0 Å². The van der Waals surface area contributed by atoms with Crippen LogP contribution in [0.1, 0.15) is 179 Å². The number of rotatable bonds is 27. The summed E-state index contributed by atoms with van der Waals surface area (Å²) in [5, 5.41) is 2.16. The first-order valence-corrected chi connectivity index (χ1v) is 19.4. The van der Waals surface area contributed by atoms with Gasteiger partial charge < -0.3 is 0 Å². The number of hydrogen-bond donors (Lipinski definition) is 1. The van der Waals surface area contributed by atoms with Crippen LogP contribution in [0.2, 0.25) is 0 Å². The number of fused-ring (bicyclic) bond motifs is 1. The fraction of sp³-hybridized carbons (Fsp3) is 0.737. The second kappa shape index (κ2) is 23.1. The van der Waals surface area contributed by atoms with E-state index >= 15 is 0 Å². The molecule has 0 bridgehead atoms. The zero-order valence-electron chi connectivity index (χ0n) is 27.4. The summed E-state index contributed by atoms with van der Waals surface area (Å²) in [6.07, 6.45) is 33.2. The molecule has 42 heavy (non-hydrogen) atoms. The zero-order valence-corrected chi connectivity index (χ0v) is 28.3. The van der Waals surface area contributed by atoms with Crippen molar-refractivity contribution >= 4 is 20.9 Å². The van der Waals surface area contributed by atoms with E-state index in [9.17, 15) is 13.0 Å². The van der Waals surface area contributed by atoms with Crippen molar-refractivity contribution in [1.82, 2.24) is 0 Å². The van der Waals surface area contributed by atoms with Crippen LogP contribution >= 0.6 is 0 Å². The van der Waals surface area contributed by atoms with Gasteiger partial charge in [-0.3, -0.25) is 4.55 Å². The van der Waals surface area contributed by atoms with E-state index < -0.39 is 10.1 Å². The van der Waals surface area contributed by atoms with Crippen LogP contribution in [0.3, 0.4) is 0 Å². The van der Waals surface area contributed by atoms with Gasteiger partial charge in [0, 0.05) is 0 Å². The van der Waals surface area contributed by atoms with E-state index in [1.165, 1.54) is 147 Å². The Balaban J connectivity index is 1.77. The molecular formula is C38H64O3S. The van der Waals surface area contributed by atoms with Crippen LogP contribution in [-0.4, -0.2) is 13.0 Å². The molecule has 0 aliphatic carbocycles. The number of benzene rings is 2. The second-order valence-electron chi connectivity index (χ2n) is 12.8. The van der Waals surface area contributed by atoms with Crippen molar-refractivity contribution in [3.05, 3.63) is 41.5 Å². The molecule has 3 nitrogen and oxygen atoms in total. The molecule has 0 amide bonds. The monoisotopic (exact) mass is 600 g/mol. The summed E-state index contributed by atoms with van der Waals surface area (Å²) in [6.45, 7) is 4.54. The molecule has 2 aromatic carbocycles. The minimum absolute atomic E-state index is 0.0978. The van der Waals surface area contributed by atoms with Gasteiger partial charge in [0.2, 0.25) is 0 Å². The van der Waals surface area contributed by atoms with Gasteiger partial charge in [0.05, 0.1) is 4.90 Å². The lowest BCUT2D eigenvalue weighted by Crippen LogP contribution is -2.05. The Bertz CT molecular complexity index is 1060. The fourth-order valence-electron chi connectivity index (χ4n) is 6.48. The minimum atomic E-state index is -4.24. The highest BCUT2D eigenvalue weighted by Gasteiger charge is 2.18. The molecule has 0 saturated carbocycles. The Hall–Kier alpha value is -1.39. The summed E-state index contributed by atoms with van der Waals surface area (Å²) >= 11 is 0. The maximum atomic E-state index is 12.3. The van der Waals surface area contributed by atoms with Gasteiger partial charge in [0.15, 0.2) is 0 Å². The van der Waals surface area contributed by atoms with E-state index in [2.05, 4.69) is 26.0 Å². The van der Waals surface area contributed by atoms with E-state index in [1.807, 2.05) is 12.1 Å². The van der Waals surface area contributed by atoms with Crippen molar-refractivity contribution < 1.29 is 13.0 Å². The molecule has 240 valence electrons. The van der Waals surface area contributed by atoms with E-state index in [0.29, 0.717) is 6.42 Å². The van der Waals surface area contributed by atoms with Gasteiger partial charge in [-0.25, -0.2) is 0 Å². The summed E-state index contributed by atoms with van der Waals surface area (Å²) < 4.78 is 34.5. The Kier molecular flexibility index (Phi) is 20.2. The summed E-state index contributed by atoms with van der Waals surface area (Å²) in [5.41, 5.74) is 2.11. The normalized spacial score (nSPS) is 12.0. The minimum Gasteiger partial charge on any atom is -0.282 e. The Morgan fingerprint density at radius 2 is 0.881 bits per heavy atom. The van der Waals surface area contributed by atoms with Crippen molar-refractivity contribution in [1.29, 1.82) is 0 Å². The quantitative estimate of drug-likeness (QED) is 0.0819. The fourth-order valence-corrected chi connectivity index (χ4v) is 7.25. The Morgan fingerprint density at radius 3 is 1.31 bits per heavy atom. The van der Waals surface area contributed by atoms with Crippen molar-refractivity contribution in [2.24, 2.45) is 0 Å². The number of unbranched alkanes of at least 4 members (excludes halogenated alkanes) is 22. The Morgan fingerprint density at radius 1 is 0.476 bits per heavy atom. The third-order valence-electron chi connectivity index (χ3n) is 9.08. The largest absolute Gasteiger partial charge is 0.294 e. The summed E-state index contributed by atoms with van der Waals surface area (Å²) in [5.74, 6) is 0. The lowest BCUT2D eigenvalue weighted by molar-refractivity contribution is 0.482. The van der Waals surface area contributed by atoms with Crippen molar-refractivity contribution in [3.63, 3.8) is 0 Å². The molecule has 0 fully saturated rings. The molecule has 2 aromatic rings. The van der Waals surface area contributed by atoms with Gasteiger partial charge >= 0.3 is 0 Å². The van der Waals surface area contributed by atoms with Crippen LogP contribution < -0.4 is 0 Å². The predicted molar refractivity (Wildman–Crippen MR) is 183 cm³/mol. The number of hydrogen-bond acceptors (Lipinski definition) is 2. The molecule has 2 rings (SSSR count). The second-order valence-corrected chi connectivity index (χ2v) is 14.2. The molecule has 0 radical (unpaired) electrons. The first-order valence-electron chi connectivity index (χ1n) is 18.0. The standard InChI is InChI=1S/C38H64O3S/c1-3-5-7-9-11-13-15-17-19-21-23-25-28-34-29-27-31-36-35(34)32-33-38(42(39,40)41)37(36)30-26-24-22-20-18-16-14-12-10-8-6-4-2/h27,29,31-33H,3-26,28,30H2,1-2H3,(H,39,40,41). The molecule has 0 spiro atoms. The topological polar surface area (TPSA) is 54.4 Å². The van der Waals surface area contributed by atoms with Gasteiger partial charge in [-0.2, -0.15) is 8.42 Å². The average Bonchev–Trinajstić information content (AvgIpc) is 2.97. The van der Waals surface area contributed by atoms with Crippen LogP contribution in [0.25, 0.3) is 10.8 Å². The van der Waals surface area contributed by atoms with E-state index in [-0.39, 0.29) is 4.90 Å². The summed E-state index contributed by atoms with van der Waals surface area (Å²) in [6, 6.07) is 9.87. The smallest absolute Gasteiger partial charge is 0.282 e. The summed E-state index contributed by atoms with van der Waals surface area (Å²) in [4.78, 5) is 0.0978. The van der Waals surface area contributed by atoms with E-state index in [4.69, 9.17) is 0 Å². The molecule has 4 heteroatoms. The lowest BCUT2D eigenvalue weighted by atomic mass is 9.94. The van der Waals surface area contributed by atoms with Crippen LogP contribution in [0.4, 0.5) is 0 Å². The van der Waals surface area contributed by atoms with Crippen LogP contribution in [0.15, 0.2) is 35.2 Å². The first kappa shape index (κ1) is 36.8. The van der Waals surface area contributed by atoms with E-state index in [0.717, 1.165) is 35.6 Å². The van der Waals surface area contributed by atoms with Crippen LogP contribution in [-0.2, 0) is 23.0 Å². The average molecular weight is 601 g/mol. The SMILES string of the molecule is CCCCCCCCCCCCCCc1cccc2c(CCCCCCCCCCCCCC)c(S(=O)(=O)O)ccc12. The molecule has 0 aliphatic rings. The number of aryl methyl sites for hydroxylation is 2. The third-order valence-corrected chi connectivity index (χ3v) is 10.0. The molecule has 0 unspecified atom stereocenters. The molecule has 0 aliphatic heterocycles. The van der Waals surface area contributed by atoms with Crippen molar-refractivity contribution in [2.75, 3.05) is 0 Å². The Labute approximate surface area is 260 Å². The summed E-state index contributed by atoms with van der Waals surface area (Å²) in [7, 11) is -4.24. The van der Waals surface area contributed by atoms with Crippen LogP contribution in [0, 0.1) is 0 Å². The van der Waals surface area contributed by atoms with Crippen molar-refractivity contribution in [3.8, 4) is 0 Å². The van der Waals surface area contributed by atoms with Gasteiger partial charge in [-0.05, 0) is 53.6 Å². The van der Waals surface area contributed by atoms with Gasteiger partial charge in [-0.1, -0.05) is 179 Å². The maximum absolute atomic E-state index is 12.3. The first-order chi connectivity index (χ1) is 20.5. The van der Waals surface area contributed by atoms with Gasteiger partial charge in [0.25, 0.3) is 10.1 Å². The highest BCUT2D eigenvalue weighted by atomic mass is 32.2. The highest BCUT2D eigenvalue weighted by molar-refractivity contribution is 7.85. The molecule has 0 aromatic heterocycles. The van der Waals surface area contributed by atoms with Gasteiger partial charge in [-0.15, -0.1) is 0 Å². The molecule has 0 saturated heterocycles. The van der Waals surface area contributed by atoms with Gasteiger partial charge in [0.1, 0.15) is 0 Å². The lowest BCUT2D eigenvalue weighted by Gasteiger charge is -2.14. The molecule has 1 N–H and O–H groups in total. The molecule has 0 heterocycles. The molecular weight excluding hydrogens is 536 g/mol.